The highest BCUT2D eigenvalue weighted by atomic mass is 17.1. The number of amides is 2. The van der Waals surface area contributed by atoms with Crippen molar-refractivity contribution in [1.29, 1.82) is 0 Å². The first-order chi connectivity index (χ1) is 8.07. The number of hydrogen-bond donors (Lipinski definition) is 1. The summed E-state index contributed by atoms with van der Waals surface area (Å²) in [6, 6.07) is -1.05. The quantitative estimate of drug-likeness (QED) is 0.434. The second-order valence-electron chi connectivity index (χ2n) is 4.63. The van der Waals surface area contributed by atoms with Gasteiger partial charge in [-0.15, -0.1) is 0 Å². The summed E-state index contributed by atoms with van der Waals surface area (Å²) in [5.41, 5.74) is 0. The highest BCUT2D eigenvalue weighted by molar-refractivity contribution is 6.07. The van der Waals surface area contributed by atoms with Crippen LogP contribution in [0, 0.1) is 11.8 Å². The van der Waals surface area contributed by atoms with E-state index in [9.17, 15) is 14.4 Å². The molecule has 1 N–H and O–H groups in total. The highest BCUT2D eigenvalue weighted by Gasteiger charge is 2.51. The van der Waals surface area contributed by atoms with E-state index in [-0.39, 0.29) is 23.7 Å². The van der Waals surface area contributed by atoms with Crippen LogP contribution >= 0.6 is 0 Å². The van der Waals surface area contributed by atoms with Gasteiger partial charge in [-0.3, -0.25) is 19.4 Å². The van der Waals surface area contributed by atoms with Crippen molar-refractivity contribution in [2.75, 3.05) is 0 Å². The van der Waals surface area contributed by atoms with Gasteiger partial charge in [0.1, 0.15) is 6.04 Å². The number of carbonyl (C=O) groups excluding carboxylic acids is 3. The molecule has 1 aliphatic heterocycles. The molecule has 0 spiro atoms. The van der Waals surface area contributed by atoms with Gasteiger partial charge in [0.25, 0.3) is 0 Å². The number of fused-ring (bicyclic) bond motifs is 1. The molecule has 2 rings (SSSR count). The molecule has 0 aromatic carbocycles. The summed E-state index contributed by atoms with van der Waals surface area (Å²) in [5.74, 6) is -2.17. The molecule has 3 atom stereocenters. The fraction of sp³-hybridized carbons (Fsp3) is 0.727. The molecule has 17 heavy (non-hydrogen) atoms. The molecule has 1 aliphatic carbocycles. The van der Waals surface area contributed by atoms with Crippen LogP contribution in [0.5, 0.6) is 0 Å². The maximum Gasteiger partial charge on any atom is 0.364 e. The summed E-state index contributed by atoms with van der Waals surface area (Å²) in [5, 5.41) is 8.30. The van der Waals surface area contributed by atoms with Crippen LogP contribution < -0.4 is 0 Å². The average molecular weight is 241 g/mol. The van der Waals surface area contributed by atoms with Gasteiger partial charge < -0.3 is 0 Å². The summed E-state index contributed by atoms with van der Waals surface area (Å²) < 4.78 is 0. The fourth-order valence-electron chi connectivity index (χ4n) is 2.75. The first-order valence-corrected chi connectivity index (χ1v) is 5.80. The molecule has 2 aliphatic rings. The first-order valence-electron chi connectivity index (χ1n) is 5.80. The third-order valence-electron chi connectivity index (χ3n) is 3.69. The van der Waals surface area contributed by atoms with E-state index in [1.807, 2.05) is 0 Å². The molecule has 6 heteroatoms. The van der Waals surface area contributed by atoms with Crippen LogP contribution in [0.4, 0.5) is 0 Å². The molecule has 1 saturated carbocycles. The van der Waals surface area contributed by atoms with E-state index in [1.54, 1.807) is 0 Å². The Bertz CT molecular complexity index is 343. The summed E-state index contributed by atoms with van der Waals surface area (Å²) in [6.07, 6.45) is 3.28. The van der Waals surface area contributed by atoms with Crippen molar-refractivity contribution in [3.8, 4) is 0 Å². The molecule has 94 valence electrons. The minimum absolute atomic E-state index is 0.287. The van der Waals surface area contributed by atoms with E-state index < -0.39 is 12.0 Å². The molecule has 0 radical (unpaired) electrons. The van der Waals surface area contributed by atoms with Gasteiger partial charge in [0, 0.05) is 0 Å². The Morgan fingerprint density at radius 2 is 1.76 bits per heavy atom. The number of rotatable bonds is 2. The topological polar surface area (TPSA) is 83.9 Å². The number of carbonyl (C=O) groups is 3. The van der Waals surface area contributed by atoms with Crippen molar-refractivity contribution in [2.24, 2.45) is 11.8 Å². The van der Waals surface area contributed by atoms with Gasteiger partial charge in [-0.25, -0.2) is 4.79 Å². The maximum atomic E-state index is 12.0. The van der Waals surface area contributed by atoms with Crippen LogP contribution in [0.1, 0.15) is 32.6 Å². The lowest BCUT2D eigenvalue weighted by molar-refractivity contribution is -0.238. The number of likely N-dealkylation sites (tertiary alicyclic amines) is 1. The molecule has 0 aromatic heterocycles. The highest BCUT2D eigenvalue weighted by Crippen LogP contribution is 2.38. The minimum atomic E-state index is -1.05. The Labute approximate surface area is 98.5 Å². The number of imide groups is 1. The van der Waals surface area contributed by atoms with E-state index in [0.29, 0.717) is 12.8 Å². The molecule has 0 aromatic rings. The van der Waals surface area contributed by atoms with Crippen LogP contribution in [-0.4, -0.2) is 34.0 Å². The van der Waals surface area contributed by atoms with Gasteiger partial charge in [0.05, 0.1) is 11.8 Å². The molecular formula is C11H15NO5. The monoisotopic (exact) mass is 241 g/mol. The lowest BCUT2D eigenvalue weighted by Crippen LogP contribution is -2.44. The Kier molecular flexibility index (Phi) is 3.15. The van der Waals surface area contributed by atoms with Crippen molar-refractivity contribution in [2.45, 2.75) is 38.6 Å². The number of nitrogens with zero attached hydrogens (tertiary/aromatic N) is 1. The average Bonchev–Trinajstić information content (AvgIpc) is 2.61. The van der Waals surface area contributed by atoms with E-state index in [2.05, 4.69) is 4.89 Å². The number of hydrogen-bond acceptors (Lipinski definition) is 5. The molecule has 3 unspecified atom stereocenters. The van der Waals surface area contributed by atoms with Gasteiger partial charge in [-0.05, 0) is 19.8 Å². The fourth-order valence-corrected chi connectivity index (χ4v) is 2.75. The van der Waals surface area contributed by atoms with Crippen molar-refractivity contribution in [3.63, 3.8) is 0 Å². The Balaban J connectivity index is 2.21. The second kappa shape index (κ2) is 4.44. The maximum absolute atomic E-state index is 12.0. The third-order valence-corrected chi connectivity index (χ3v) is 3.69. The second-order valence-corrected chi connectivity index (χ2v) is 4.63. The standard InChI is InChI=1S/C11H15NO5/c1-6(11(15)17-16)12-9(13)7-4-2-3-5-8(7)10(12)14/h6-8,16H,2-5H2,1H3. The molecule has 0 bridgehead atoms. The lowest BCUT2D eigenvalue weighted by Gasteiger charge is -2.19. The zero-order chi connectivity index (χ0) is 12.6. The van der Waals surface area contributed by atoms with Crippen LogP contribution in [0.2, 0.25) is 0 Å². The van der Waals surface area contributed by atoms with Crippen molar-refractivity contribution in [3.05, 3.63) is 0 Å². The first kappa shape index (κ1) is 12.0. The van der Waals surface area contributed by atoms with Crippen molar-refractivity contribution < 1.29 is 24.5 Å². The minimum Gasteiger partial charge on any atom is -0.299 e. The van der Waals surface area contributed by atoms with Gasteiger partial charge in [0.15, 0.2) is 0 Å². The summed E-state index contributed by atoms with van der Waals surface area (Å²) in [4.78, 5) is 39.8. The Hall–Kier alpha value is -1.43. The van der Waals surface area contributed by atoms with E-state index in [0.717, 1.165) is 17.7 Å². The van der Waals surface area contributed by atoms with Crippen LogP contribution in [-0.2, 0) is 19.3 Å². The van der Waals surface area contributed by atoms with Gasteiger partial charge >= 0.3 is 5.97 Å². The third kappa shape index (κ3) is 1.82. The van der Waals surface area contributed by atoms with Gasteiger partial charge in [-0.2, -0.15) is 5.26 Å². The molecular weight excluding hydrogens is 226 g/mol. The normalized spacial score (nSPS) is 30.1. The zero-order valence-electron chi connectivity index (χ0n) is 9.59. The molecule has 1 saturated heterocycles. The molecule has 6 nitrogen and oxygen atoms in total. The van der Waals surface area contributed by atoms with Crippen LogP contribution in [0.15, 0.2) is 0 Å². The van der Waals surface area contributed by atoms with E-state index >= 15 is 0 Å². The van der Waals surface area contributed by atoms with Gasteiger partial charge in [-0.1, -0.05) is 12.8 Å². The SMILES string of the molecule is CC(C(=O)OO)N1C(=O)C2CCCCC2C1=O. The smallest absolute Gasteiger partial charge is 0.299 e. The predicted octanol–water partition coefficient (Wildman–Crippen LogP) is 0.566. The van der Waals surface area contributed by atoms with Crippen molar-refractivity contribution >= 4 is 17.8 Å². The largest absolute Gasteiger partial charge is 0.364 e. The molecule has 1 heterocycles. The summed E-state index contributed by atoms with van der Waals surface area (Å²) in [6.45, 7) is 1.38. The van der Waals surface area contributed by atoms with E-state index in [4.69, 9.17) is 5.26 Å². The predicted molar refractivity (Wildman–Crippen MR) is 55.5 cm³/mol. The van der Waals surface area contributed by atoms with E-state index in [1.165, 1.54) is 6.92 Å². The Morgan fingerprint density at radius 1 is 1.29 bits per heavy atom. The summed E-state index contributed by atoms with van der Waals surface area (Å²) >= 11 is 0. The van der Waals surface area contributed by atoms with Crippen molar-refractivity contribution in [1.82, 2.24) is 4.90 Å². The summed E-state index contributed by atoms with van der Waals surface area (Å²) in [7, 11) is 0. The zero-order valence-corrected chi connectivity index (χ0v) is 9.59. The lowest BCUT2D eigenvalue weighted by atomic mass is 9.81. The van der Waals surface area contributed by atoms with Crippen LogP contribution in [0.3, 0.4) is 0 Å². The Morgan fingerprint density at radius 3 is 2.18 bits per heavy atom. The molecule has 2 amide bonds. The van der Waals surface area contributed by atoms with Crippen LogP contribution in [0.25, 0.3) is 0 Å². The molecule has 2 fully saturated rings. The van der Waals surface area contributed by atoms with Gasteiger partial charge in [0.2, 0.25) is 11.8 Å².